The molecule has 0 saturated heterocycles. The molecule has 0 saturated carbocycles. The highest BCUT2D eigenvalue weighted by Crippen LogP contribution is 2.17. The van der Waals surface area contributed by atoms with E-state index in [0.717, 1.165) is 12.8 Å². The molecule has 132 valence electrons. The van der Waals surface area contributed by atoms with Gasteiger partial charge in [0.25, 0.3) is 5.91 Å². The van der Waals surface area contributed by atoms with E-state index in [9.17, 15) is 14.7 Å². The fourth-order valence-electron chi connectivity index (χ4n) is 2.55. The van der Waals surface area contributed by atoms with Crippen LogP contribution in [0.5, 0.6) is 0 Å². The Balaban J connectivity index is 2.56. The predicted molar refractivity (Wildman–Crippen MR) is 98.2 cm³/mol. The monoisotopic (exact) mass is 331 g/mol. The molecule has 0 aliphatic heterocycles. The first kappa shape index (κ1) is 19.9. The second kappa shape index (κ2) is 11.4. The summed E-state index contributed by atoms with van der Waals surface area (Å²) in [6, 6.07) is 8.02. The number of hydrogen-bond donors (Lipinski definition) is 1. The molecule has 0 heterocycles. The highest BCUT2D eigenvalue weighted by molar-refractivity contribution is 6.05. The Bertz CT molecular complexity index is 525. The molecule has 0 radical (unpaired) electrons. The second-order valence-electron chi connectivity index (χ2n) is 6.02. The average Bonchev–Trinajstić information content (AvgIpc) is 2.58. The summed E-state index contributed by atoms with van der Waals surface area (Å²) in [6.07, 6.45) is 11.5. The van der Waals surface area contributed by atoms with Gasteiger partial charge < -0.3 is 5.11 Å². The number of unbranched alkanes of at least 4 members (excludes halogenated alkanes) is 6. The van der Waals surface area contributed by atoms with Gasteiger partial charge in [-0.15, -0.1) is 0 Å². The number of amides is 1. The number of carboxylic acid groups (broad SMARTS) is 1. The lowest BCUT2D eigenvalue weighted by molar-refractivity contribution is -0.139. The van der Waals surface area contributed by atoms with Crippen molar-refractivity contribution in [2.75, 3.05) is 4.90 Å². The van der Waals surface area contributed by atoms with Crippen molar-refractivity contribution >= 4 is 17.6 Å². The molecule has 24 heavy (non-hydrogen) atoms. The maximum Gasteiger partial charge on any atom is 0.326 e. The first-order valence-corrected chi connectivity index (χ1v) is 8.85. The molecular formula is C20H29NO3. The smallest absolute Gasteiger partial charge is 0.326 e. The van der Waals surface area contributed by atoms with E-state index >= 15 is 0 Å². The summed E-state index contributed by atoms with van der Waals surface area (Å²) in [7, 11) is 0. The Kier molecular flexibility index (Phi) is 9.51. The summed E-state index contributed by atoms with van der Waals surface area (Å²) in [4.78, 5) is 25.1. The lowest BCUT2D eigenvalue weighted by Gasteiger charge is -2.25. The molecule has 0 bridgehead atoms. The minimum atomic E-state index is -1.02. The number of rotatable bonds is 11. The van der Waals surface area contributed by atoms with E-state index in [2.05, 4.69) is 6.92 Å². The molecule has 1 N–H and O–H groups in total. The van der Waals surface area contributed by atoms with Crippen LogP contribution in [0.1, 0.15) is 58.8 Å². The molecule has 0 aromatic heterocycles. The number of carbonyl (C=O) groups excluding carboxylic acids is 1. The van der Waals surface area contributed by atoms with Crippen molar-refractivity contribution in [3.63, 3.8) is 0 Å². The normalized spacial score (nSPS) is 12.2. The maximum absolute atomic E-state index is 12.4. The third-order valence-corrected chi connectivity index (χ3v) is 4.00. The molecule has 1 aromatic rings. The molecule has 1 atom stereocenters. The standard InChI is InChI=1S/C20H29NO3/c1-3-4-5-6-7-8-9-13-16-19(22)21(17(2)20(23)24)18-14-11-10-12-15-18/h10-17H,3-9H2,1-2H3,(H,23,24)/t17-/m0/s1. The van der Waals surface area contributed by atoms with Crippen LogP contribution in [0.25, 0.3) is 0 Å². The third-order valence-electron chi connectivity index (χ3n) is 4.00. The van der Waals surface area contributed by atoms with E-state index in [-0.39, 0.29) is 5.91 Å². The second-order valence-corrected chi connectivity index (χ2v) is 6.02. The van der Waals surface area contributed by atoms with Crippen LogP contribution in [-0.2, 0) is 9.59 Å². The van der Waals surface area contributed by atoms with Gasteiger partial charge in [0.05, 0.1) is 0 Å². The Morgan fingerprint density at radius 1 is 1.08 bits per heavy atom. The van der Waals surface area contributed by atoms with E-state index < -0.39 is 12.0 Å². The molecule has 4 nitrogen and oxygen atoms in total. The van der Waals surface area contributed by atoms with Crippen LogP contribution >= 0.6 is 0 Å². The first-order valence-electron chi connectivity index (χ1n) is 8.85. The minimum Gasteiger partial charge on any atom is -0.480 e. The summed E-state index contributed by atoms with van der Waals surface area (Å²) >= 11 is 0. The highest BCUT2D eigenvalue weighted by Gasteiger charge is 2.25. The van der Waals surface area contributed by atoms with E-state index in [0.29, 0.717) is 5.69 Å². The summed E-state index contributed by atoms with van der Waals surface area (Å²) in [5, 5.41) is 9.26. The molecule has 0 unspecified atom stereocenters. The molecule has 0 aliphatic carbocycles. The van der Waals surface area contributed by atoms with Crippen LogP contribution in [-0.4, -0.2) is 23.0 Å². The number of anilines is 1. The minimum absolute atomic E-state index is 0.290. The predicted octanol–water partition coefficient (Wildman–Crippen LogP) is 4.80. The van der Waals surface area contributed by atoms with Crippen LogP contribution in [0.3, 0.4) is 0 Å². The maximum atomic E-state index is 12.4. The lowest BCUT2D eigenvalue weighted by Crippen LogP contribution is -2.42. The molecular weight excluding hydrogens is 302 g/mol. The number of carbonyl (C=O) groups is 2. The molecule has 1 aromatic carbocycles. The summed E-state index contributed by atoms with van der Waals surface area (Å²) in [6.45, 7) is 3.72. The van der Waals surface area contributed by atoms with E-state index in [1.54, 1.807) is 24.3 Å². The van der Waals surface area contributed by atoms with Gasteiger partial charge in [-0.1, -0.05) is 63.3 Å². The zero-order valence-electron chi connectivity index (χ0n) is 14.8. The topological polar surface area (TPSA) is 57.6 Å². The molecule has 1 amide bonds. The Hall–Kier alpha value is -2.10. The molecule has 1 rings (SSSR count). The number of nitrogens with zero attached hydrogens (tertiary/aromatic N) is 1. The quantitative estimate of drug-likeness (QED) is 0.468. The van der Waals surface area contributed by atoms with E-state index in [1.807, 2.05) is 12.1 Å². The Labute approximate surface area is 145 Å². The van der Waals surface area contributed by atoms with Crippen LogP contribution in [0, 0.1) is 0 Å². The van der Waals surface area contributed by atoms with Gasteiger partial charge in [-0.25, -0.2) is 4.79 Å². The number of allylic oxidation sites excluding steroid dienone is 1. The van der Waals surface area contributed by atoms with Crippen molar-refractivity contribution in [1.82, 2.24) is 0 Å². The zero-order valence-corrected chi connectivity index (χ0v) is 14.8. The summed E-state index contributed by atoms with van der Waals surface area (Å²) < 4.78 is 0. The van der Waals surface area contributed by atoms with Crippen LogP contribution in [0.15, 0.2) is 42.5 Å². The first-order chi connectivity index (χ1) is 11.6. The average molecular weight is 331 g/mol. The van der Waals surface area contributed by atoms with Gasteiger partial charge in [0.15, 0.2) is 0 Å². The van der Waals surface area contributed by atoms with Crippen molar-refractivity contribution < 1.29 is 14.7 Å². The van der Waals surface area contributed by atoms with Crippen molar-refractivity contribution in [3.8, 4) is 0 Å². The molecule has 0 fully saturated rings. The van der Waals surface area contributed by atoms with Gasteiger partial charge in [-0.3, -0.25) is 9.69 Å². The molecule has 0 spiro atoms. The third kappa shape index (κ3) is 6.99. The lowest BCUT2D eigenvalue weighted by atomic mass is 10.1. The van der Waals surface area contributed by atoms with Gasteiger partial charge in [0.1, 0.15) is 6.04 Å². The highest BCUT2D eigenvalue weighted by atomic mass is 16.4. The number of aliphatic carboxylic acids is 1. The number of benzene rings is 1. The Morgan fingerprint density at radius 3 is 2.33 bits per heavy atom. The Morgan fingerprint density at radius 2 is 1.71 bits per heavy atom. The van der Waals surface area contributed by atoms with Gasteiger partial charge in [0, 0.05) is 5.69 Å². The van der Waals surface area contributed by atoms with Gasteiger partial charge in [0.2, 0.25) is 0 Å². The fourth-order valence-corrected chi connectivity index (χ4v) is 2.55. The largest absolute Gasteiger partial charge is 0.480 e. The number of para-hydroxylation sites is 1. The van der Waals surface area contributed by atoms with Crippen molar-refractivity contribution in [1.29, 1.82) is 0 Å². The SMILES string of the molecule is CCCCCCCCC=CC(=O)N(c1ccccc1)[C@@H](C)C(=O)O. The van der Waals surface area contributed by atoms with Gasteiger partial charge in [-0.05, 0) is 38.0 Å². The number of hydrogen-bond acceptors (Lipinski definition) is 2. The van der Waals surface area contributed by atoms with Crippen molar-refractivity contribution in [2.45, 2.75) is 64.8 Å². The molecule has 4 heteroatoms. The van der Waals surface area contributed by atoms with Crippen LogP contribution < -0.4 is 4.90 Å². The fraction of sp³-hybridized carbons (Fsp3) is 0.500. The van der Waals surface area contributed by atoms with Gasteiger partial charge >= 0.3 is 5.97 Å². The molecule has 0 aliphatic rings. The van der Waals surface area contributed by atoms with Crippen molar-refractivity contribution in [3.05, 3.63) is 42.5 Å². The van der Waals surface area contributed by atoms with E-state index in [4.69, 9.17) is 0 Å². The zero-order chi connectivity index (χ0) is 17.8. The van der Waals surface area contributed by atoms with Crippen LogP contribution in [0.2, 0.25) is 0 Å². The van der Waals surface area contributed by atoms with Crippen molar-refractivity contribution in [2.24, 2.45) is 0 Å². The summed E-state index contributed by atoms with van der Waals surface area (Å²) in [5.41, 5.74) is 0.599. The number of carboxylic acids is 1. The summed E-state index contributed by atoms with van der Waals surface area (Å²) in [5.74, 6) is -1.31. The van der Waals surface area contributed by atoms with Crippen LogP contribution in [0.4, 0.5) is 5.69 Å². The van der Waals surface area contributed by atoms with Gasteiger partial charge in [-0.2, -0.15) is 0 Å². The van der Waals surface area contributed by atoms with E-state index in [1.165, 1.54) is 50.0 Å².